The van der Waals surface area contributed by atoms with E-state index in [1.807, 2.05) is 27.7 Å². The number of anilines is 1. The lowest BCUT2D eigenvalue weighted by Crippen LogP contribution is -2.51. The van der Waals surface area contributed by atoms with E-state index in [4.69, 9.17) is 0 Å². The largest absolute Gasteiger partial charge is 0.334 e. The van der Waals surface area contributed by atoms with Gasteiger partial charge in [0.15, 0.2) is 15.0 Å². The van der Waals surface area contributed by atoms with Crippen LogP contribution in [0.25, 0.3) is 0 Å². The van der Waals surface area contributed by atoms with Gasteiger partial charge in [-0.1, -0.05) is 13.8 Å². The van der Waals surface area contributed by atoms with Crippen LogP contribution in [0.1, 0.15) is 37.3 Å². The maximum absolute atomic E-state index is 12.6. The van der Waals surface area contributed by atoms with E-state index in [9.17, 15) is 18.0 Å². The molecule has 2 rings (SSSR count). The predicted octanol–water partition coefficient (Wildman–Crippen LogP) is 1.60. The van der Waals surface area contributed by atoms with Gasteiger partial charge in [0.2, 0.25) is 5.91 Å². The summed E-state index contributed by atoms with van der Waals surface area (Å²) in [6, 6.07) is -1.66. The van der Waals surface area contributed by atoms with Crippen molar-refractivity contribution in [2.75, 3.05) is 16.8 Å². The number of carbonyl (C=O) groups excluding carboxylic acids is 2. The smallest absolute Gasteiger partial charge is 0.315 e. The Kier molecular flexibility index (Phi) is 6.62. The van der Waals surface area contributed by atoms with Crippen molar-refractivity contribution in [1.29, 1.82) is 0 Å². The molecular formula is C16H26N4O4S2. The summed E-state index contributed by atoms with van der Waals surface area (Å²) in [4.78, 5) is 30.1. The van der Waals surface area contributed by atoms with Gasteiger partial charge >= 0.3 is 6.03 Å². The summed E-state index contributed by atoms with van der Waals surface area (Å²) < 4.78 is 23.0. The number of thiazole rings is 1. The van der Waals surface area contributed by atoms with Crippen LogP contribution < -0.4 is 16.0 Å². The molecule has 3 N–H and O–H groups in total. The molecule has 0 unspecified atom stereocenters. The number of nitrogens with zero attached hydrogens (tertiary/aromatic N) is 1. The van der Waals surface area contributed by atoms with Crippen molar-refractivity contribution < 1.29 is 18.0 Å². The first kappa shape index (κ1) is 20.6. The second-order valence-electron chi connectivity index (χ2n) is 7.05. The number of nitrogens with one attached hydrogen (secondary N) is 3. The van der Waals surface area contributed by atoms with E-state index in [2.05, 4.69) is 20.9 Å². The van der Waals surface area contributed by atoms with Crippen LogP contribution in [-0.2, 0) is 14.6 Å². The Hall–Kier alpha value is -1.68. The number of aromatic nitrogens is 1. The highest BCUT2D eigenvalue weighted by atomic mass is 32.2. The first-order chi connectivity index (χ1) is 12.1. The highest BCUT2D eigenvalue weighted by Gasteiger charge is 2.30. The Balaban J connectivity index is 1.97. The molecule has 1 aromatic rings. The van der Waals surface area contributed by atoms with Gasteiger partial charge in [-0.15, -0.1) is 11.3 Å². The second kappa shape index (κ2) is 8.34. The summed E-state index contributed by atoms with van der Waals surface area (Å²) in [6.07, 6.45) is 0.861. The van der Waals surface area contributed by atoms with Gasteiger partial charge in [0, 0.05) is 10.9 Å². The van der Waals surface area contributed by atoms with E-state index in [0.29, 0.717) is 18.0 Å². The molecule has 3 amide bonds. The SMILES string of the molecule is Cc1nc(NC(=O)[C@H](CC(C)C)NC(=O)N[C@@H]2CCS(=O)(=O)C2)sc1C. The number of urea groups is 1. The first-order valence-electron chi connectivity index (χ1n) is 8.58. The van der Waals surface area contributed by atoms with E-state index in [0.717, 1.165) is 10.6 Å². The van der Waals surface area contributed by atoms with Crippen LogP contribution in [0.3, 0.4) is 0 Å². The Morgan fingerprint density at radius 3 is 2.50 bits per heavy atom. The van der Waals surface area contributed by atoms with Crippen molar-refractivity contribution in [2.45, 2.75) is 52.6 Å². The fourth-order valence-corrected chi connectivity index (χ4v) is 5.21. The van der Waals surface area contributed by atoms with Gasteiger partial charge in [0.05, 0.1) is 17.2 Å². The standard InChI is InChI=1S/C16H26N4O4S2/c1-9(2)7-13(14(21)20-16-17-10(3)11(4)25-16)19-15(22)18-12-5-6-26(23,24)8-12/h9,12-13H,5-8H2,1-4H3,(H,17,20,21)(H2,18,19,22)/t12-,13+/m1/s1. The number of aryl methyl sites for hydroxylation is 2. The third-order valence-corrected chi connectivity index (χ3v) is 6.91. The van der Waals surface area contributed by atoms with E-state index >= 15 is 0 Å². The quantitative estimate of drug-likeness (QED) is 0.668. The highest BCUT2D eigenvalue weighted by molar-refractivity contribution is 7.91. The lowest BCUT2D eigenvalue weighted by molar-refractivity contribution is -0.118. The fraction of sp³-hybridized carbons (Fsp3) is 0.688. The molecule has 1 saturated heterocycles. The molecule has 8 nitrogen and oxygen atoms in total. The third kappa shape index (κ3) is 5.94. The number of amides is 3. The molecule has 0 radical (unpaired) electrons. The lowest BCUT2D eigenvalue weighted by Gasteiger charge is -2.21. The van der Waals surface area contributed by atoms with Crippen molar-refractivity contribution in [3.63, 3.8) is 0 Å². The molecule has 1 aliphatic rings. The summed E-state index contributed by atoms with van der Waals surface area (Å²) in [7, 11) is -3.08. The number of carbonyl (C=O) groups is 2. The van der Waals surface area contributed by atoms with Crippen LogP contribution in [0.4, 0.5) is 9.93 Å². The molecule has 0 aromatic carbocycles. The maximum atomic E-state index is 12.6. The number of rotatable bonds is 6. The molecule has 1 fully saturated rings. The van der Waals surface area contributed by atoms with Gasteiger partial charge in [-0.05, 0) is 32.6 Å². The minimum absolute atomic E-state index is 0.0564. The number of hydrogen-bond donors (Lipinski definition) is 3. The first-order valence-corrected chi connectivity index (χ1v) is 11.2. The monoisotopic (exact) mass is 402 g/mol. The minimum atomic E-state index is -3.08. The Morgan fingerprint density at radius 1 is 1.31 bits per heavy atom. The van der Waals surface area contributed by atoms with Crippen molar-refractivity contribution in [3.8, 4) is 0 Å². The van der Waals surface area contributed by atoms with E-state index in [-0.39, 0.29) is 23.3 Å². The van der Waals surface area contributed by atoms with Gasteiger partial charge in [0.25, 0.3) is 0 Å². The highest BCUT2D eigenvalue weighted by Crippen LogP contribution is 2.21. The van der Waals surface area contributed by atoms with Crippen molar-refractivity contribution in [2.24, 2.45) is 5.92 Å². The van der Waals surface area contributed by atoms with E-state index in [1.54, 1.807) is 0 Å². The van der Waals surface area contributed by atoms with Crippen LogP contribution in [0, 0.1) is 19.8 Å². The molecule has 2 atom stereocenters. The average Bonchev–Trinajstić information content (AvgIpc) is 2.99. The lowest BCUT2D eigenvalue weighted by atomic mass is 10.0. The molecule has 1 aliphatic heterocycles. The Bertz CT molecular complexity index is 754. The van der Waals surface area contributed by atoms with Crippen molar-refractivity contribution >= 4 is 38.2 Å². The normalized spacial score (nSPS) is 20.0. The van der Waals surface area contributed by atoms with Crippen LogP contribution in [0.2, 0.25) is 0 Å². The van der Waals surface area contributed by atoms with Crippen LogP contribution >= 0.6 is 11.3 Å². The summed E-state index contributed by atoms with van der Waals surface area (Å²) in [6.45, 7) is 7.71. The maximum Gasteiger partial charge on any atom is 0.315 e. The number of hydrogen-bond acceptors (Lipinski definition) is 6. The molecule has 1 aromatic heterocycles. The summed E-state index contributed by atoms with van der Waals surface area (Å²) in [5, 5.41) is 8.57. The molecule has 0 aliphatic carbocycles. The Morgan fingerprint density at radius 2 is 2.00 bits per heavy atom. The minimum Gasteiger partial charge on any atom is -0.334 e. The summed E-state index contributed by atoms with van der Waals surface area (Å²) in [5.74, 6) is -0.116. The average molecular weight is 403 g/mol. The van der Waals surface area contributed by atoms with Crippen LogP contribution in [0.15, 0.2) is 0 Å². The molecule has 146 valence electrons. The zero-order valence-electron chi connectivity index (χ0n) is 15.5. The topological polar surface area (TPSA) is 117 Å². The second-order valence-corrected chi connectivity index (χ2v) is 10.5. The third-order valence-electron chi connectivity index (χ3n) is 4.16. The molecule has 0 saturated carbocycles. The molecule has 2 heterocycles. The van der Waals surface area contributed by atoms with E-state index < -0.39 is 28.0 Å². The zero-order valence-corrected chi connectivity index (χ0v) is 17.1. The molecule has 10 heteroatoms. The van der Waals surface area contributed by atoms with Gasteiger partial charge in [-0.2, -0.15) is 0 Å². The zero-order chi connectivity index (χ0) is 19.5. The molecule has 0 spiro atoms. The van der Waals surface area contributed by atoms with E-state index in [1.165, 1.54) is 11.3 Å². The summed E-state index contributed by atoms with van der Waals surface area (Å²) in [5.41, 5.74) is 0.860. The van der Waals surface area contributed by atoms with Crippen LogP contribution in [0.5, 0.6) is 0 Å². The Labute approximate surface area is 158 Å². The fourth-order valence-electron chi connectivity index (χ4n) is 2.72. The van der Waals surface area contributed by atoms with Gasteiger partial charge in [0.1, 0.15) is 6.04 Å². The van der Waals surface area contributed by atoms with Crippen molar-refractivity contribution in [1.82, 2.24) is 15.6 Å². The van der Waals surface area contributed by atoms with Crippen LogP contribution in [-0.4, -0.2) is 48.9 Å². The summed E-state index contributed by atoms with van der Waals surface area (Å²) >= 11 is 1.39. The molecular weight excluding hydrogens is 376 g/mol. The van der Waals surface area contributed by atoms with Gasteiger partial charge < -0.3 is 16.0 Å². The van der Waals surface area contributed by atoms with Gasteiger partial charge in [-0.25, -0.2) is 18.2 Å². The molecule has 0 bridgehead atoms. The van der Waals surface area contributed by atoms with Gasteiger partial charge in [-0.3, -0.25) is 4.79 Å². The van der Waals surface area contributed by atoms with Crippen molar-refractivity contribution in [3.05, 3.63) is 10.6 Å². The number of sulfone groups is 1. The predicted molar refractivity (Wildman–Crippen MR) is 102 cm³/mol. The molecule has 26 heavy (non-hydrogen) atoms.